The lowest BCUT2D eigenvalue weighted by atomic mass is 10.0. The first kappa shape index (κ1) is 34.2. The quantitative estimate of drug-likeness (QED) is 0.0555. The molecule has 40 heavy (non-hydrogen) atoms. The summed E-state index contributed by atoms with van der Waals surface area (Å²) in [6, 6.07) is 4.89. The molecule has 0 bridgehead atoms. The summed E-state index contributed by atoms with van der Waals surface area (Å²) in [5.74, 6) is -2.62. The number of benzene rings is 1. The number of rotatable bonds is 19. The zero-order chi connectivity index (χ0) is 29.9. The Morgan fingerprint density at radius 1 is 0.900 bits per heavy atom. The molecular formula is C27H44N8O5. The standard InChI is InChI=1S/C27H44N8O5/c1-19(37)33-22(13-5-7-15-28)26(40)35(25(39)20-10-3-2-4-11-20)23(14-6-8-16-29)24(38)34-21(18-36)12-9-17-32-27(30)31/h2-4,10-11,18,21-23H,5-9,12-17,28-29H2,1H3,(H,33,37)(H,34,38)(H4,30,31,32)/t21-,22-,23-/m0/s1. The number of imide groups is 1. The molecule has 1 aromatic carbocycles. The third-order valence-electron chi connectivity index (χ3n) is 6.11. The minimum absolute atomic E-state index is 0.0829. The van der Waals surface area contributed by atoms with E-state index in [1.54, 1.807) is 18.2 Å². The first-order valence-electron chi connectivity index (χ1n) is 13.6. The number of carbonyl (C=O) groups is 5. The highest BCUT2D eigenvalue weighted by atomic mass is 16.2. The maximum Gasteiger partial charge on any atom is 0.261 e. The fraction of sp³-hybridized carbons (Fsp3) is 0.556. The molecule has 0 heterocycles. The number of guanidine groups is 1. The fourth-order valence-corrected chi connectivity index (χ4v) is 4.11. The maximum atomic E-state index is 13.9. The van der Waals surface area contributed by atoms with Crippen LogP contribution < -0.4 is 33.6 Å². The maximum absolute atomic E-state index is 13.9. The van der Waals surface area contributed by atoms with E-state index >= 15 is 0 Å². The highest BCUT2D eigenvalue weighted by molar-refractivity contribution is 6.09. The number of nitrogens with zero attached hydrogens (tertiary/aromatic N) is 2. The summed E-state index contributed by atoms with van der Waals surface area (Å²) in [7, 11) is 0. The van der Waals surface area contributed by atoms with E-state index in [-0.39, 0.29) is 37.3 Å². The molecule has 10 N–H and O–H groups in total. The molecule has 0 aliphatic rings. The van der Waals surface area contributed by atoms with Crippen LogP contribution in [0, 0.1) is 0 Å². The van der Waals surface area contributed by atoms with Crippen LogP contribution in [0.1, 0.15) is 68.6 Å². The predicted molar refractivity (Wildman–Crippen MR) is 153 cm³/mol. The topological polar surface area (TPSA) is 229 Å². The summed E-state index contributed by atoms with van der Waals surface area (Å²) >= 11 is 0. The van der Waals surface area contributed by atoms with Crippen LogP contribution in [0.5, 0.6) is 0 Å². The second kappa shape index (κ2) is 19.3. The van der Waals surface area contributed by atoms with Crippen molar-refractivity contribution in [3.63, 3.8) is 0 Å². The van der Waals surface area contributed by atoms with Crippen molar-refractivity contribution in [1.82, 2.24) is 15.5 Å². The average Bonchev–Trinajstić information content (AvgIpc) is 2.93. The SMILES string of the molecule is CC(=O)N[C@@H](CCCCN)C(=O)N(C(=O)c1ccccc1)[C@@H](CCCCN)C(=O)N[C@H](C=O)CCCN=C(N)N. The first-order valence-corrected chi connectivity index (χ1v) is 13.6. The van der Waals surface area contributed by atoms with Gasteiger partial charge in [-0.2, -0.15) is 0 Å². The third kappa shape index (κ3) is 12.3. The number of amides is 4. The largest absolute Gasteiger partial charge is 0.370 e. The van der Waals surface area contributed by atoms with Crippen molar-refractivity contribution in [2.75, 3.05) is 19.6 Å². The van der Waals surface area contributed by atoms with E-state index in [9.17, 15) is 24.0 Å². The van der Waals surface area contributed by atoms with E-state index in [0.29, 0.717) is 51.5 Å². The lowest BCUT2D eigenvalue weighted by Crippen LogP contribution is -2.58. The second-order valence-electron chi connectivity index (χ2n) is 9.42. The van der Waals surface area contributed by atoms with Gasteiger partial charge in [0.2, 0.25) is 11.8 Å². The van der Waals surface area contributed by atoms with Crippen molar-refractivity contribution in [1.29, 1.82) is 0 Å². The van der Waals surface area contributed by atoms with Crippen molar-refractivity contribution >= 4 is 35.9 Å². The van der Waals surface area contributed by atoms with Gasteiger partial charge in [0.05, 0.1) is 6.04 Å². The Labute approximate surface area is 235 Å². The molecule has 0 saturated heterocycles. The van der Waals surface area contributed by atoms with Crippen LogP contribution in [-0.2, 0) is 19.2 Å². The zero-order valence-corrected chi connectivity index (χ0v) is 23.2. The van der Waals surface area contributed by atoms with Crippen LogP contribution in [0.4, 0.5) is 0 Å². The van der Waals surface area contributed by atoms with E-state index in [1.165, 1.54) is 19.1 Å². The summed E-state index contributed by atoms with van der Waals surface area (Å²) in [5, 5.41) is 5.27. The van der Waals surface area contributed by atoms with Crippen LogP contribution in [0.25, 0.3) is 0 Å². The summed E-state index contributed by atoms with van der Waals surface area (Å²) in [5.41, 5.74) is 22.1. The van der Waals surface area contributed by atoms with Gasteiger partial charge in [-0.1, -0.05) is 18.2 Å². The molecular weight excluding hydrogens is 516 g/mol. The van der Waals surface area contributed by atoms with E-state index in [0.717, 1.165) is 4.90 Å². The predicted octanol–water partition coefficient (Wildman–Crippen LogP) is -0.476. The normalized spacial score (nSPS) is 12.9. The average molecular weight is 561 g/mol. The van der Waals surface area contributed by atoms with Gasteiger partial charge >= 0.3 is 0 Å². The first-order chi connectivity index (χ1) is 19.2. The lowest BCUT2D eigenvalue weighted by molar-refractivity contribution is -0.141. The highest BCUT2D eigenvalue weighted by Crippen LogP contribution is 2.18. The minimum Gasteiger partial charge on any atom is -0.370 e. The number of nitrogens with one attached hydrogen (secondary N) is 2. The Balaban J connectivity index is 3.42. The Bertz CT molecular complexity index is 984. The molecule has 0 spiro atoms. The summed E-state index contributed by atoms with van der Waals surface area (Å²) in [6.07, 6.45) is 3.71. The van der Waals surface area contributed by atoms with Crippen LogP contribution in [0.3, 0.4) is 0 Å². The van der Waals surface area contributed by atoms with Gasteiger partial charge in [-0.05, 0) is 76.6 Å². The molecule has 0 unspecified atom stereocenters. The van der Waals surface area contributed by atoms with Crippen molar-refractivity contribution in [2.24, 2.45) is 27.9 Å². The van der Waals surface area contributed by atoms with Crippen LogP contribution in [0.15, 0.2) is 35.3 Å². The van der Waals surface area contributed by atoms with Gasteiger partial charge in [0, 0.05) is 19.0 Å². The molecule has 3 atom stereocenters. The Morgan fingerprint density at radius 3 is 2.08 bits per heavy atom. The van der Waals surface area contributed by atoms with Gasteiger partial charge in [-0.25, -0.2) is 0 Å². The molecule has 0 saturated carbocycles. The number of unbranched alkanes of at least 4 members (excludes halogenated alkanes) is 2. The van der Waals surface area contributed by atoms with Crippen molar-refractivity contribution < 1.29 is 24.0 Å². The lowest BCUT2D eigenvalue weighted by Gasteiger charge is -2.33. The van der Waals surface area contributed by atoms with Crippen LogP contribution in [-0.4, -0.2) is 78.5 Å². The zero-order valence-electron chi connectivity index (χ0n) is 23.2. The number of hydrogen-bond acceptors (Lipinski definition) is 8. The van der Waals surface area contributed by atoms with Gasteiger partial charge in [-0.15, -0.1) is 0 Å². The molecule has 0 aliphatic carbocycles. The van der Waals surface area contributed by atoms with E-state index in [4.69, 9.17) is 22.9 Å². The number of aliphatic imine (C=N–C) groups is 1. The van der Waals surface area contributed by atoms with Crippen molar-refractivity contribution in [3.8, 4) is 0 Å². The van der Waals surface area contributed by atoms with Gasteiger partial charge < -0.3 is 38.4 Å². The number of carbonyl (C=O) groups excluding carboxylic acids is 5. The minimum atomic E-state index is -1.25. The van der Waals surface area contributed by atoms with Crippen molar-refractivity contribution in [2.45, 2.75) is 76.4 Å². The molecule has 4 amide bonds. The number of nitrogens with two attached hydrogens (primary N) is 4. The van der Waals surface area contributed by atoms with E-state index in [2.05, 4.69) is 15.6 Å². The molecule has 0 radical (unpaired) electrons. The Kier molecular flexibility index (Phi) is 16.5. The molecule has 0 fully saturated rings. The number of aldehydes is 1. The molecule has 1 aromatic rings. The summed E-state index contributed by atoms with van der Waals surface area (Å²) in [6.45, 7) is 2.29. The highest BCUT2D eigenvalue weighted by Gasteiger charge is 2.39. The monoisotopic (exact) mass is 560 g/mol. The van der Waals surface area contributed by atoms with E-state index in [1.807, 2.05) is 0 Å². The Morgan fingerprint density at radius 2 is 1.52 bits per heavy atom. The summed E-state index contributed by atoms with van der Waals surface area (Å²) < 4.78 is 0. The second-order valence-corrected chi connectivity index (χ2v) is 9.42. The smallest absolute Gasteiger partial charge is 0.261 e. The van der Waals surface area contributed by atoms with Crippen LogP contribution in [0.2, 0.25) is 0 Å². The van der Waals surface area contributed by atoms with Gasteiger partial charge in [0.1, 0.15) is 18.4 Å². The van der Waals surface area contributed by atoms with Gasteiger partial charge in [0.25, 0.3) is 11.8 Å². The molecule has 13 heteroatoms. The van der Waals surface area contributed by atoms with Crippen LogP contribution >= 0.6 is 0 Å². The van der Waals surface area contributed by atoms with Crippen molar-refractivity contribution in [3.05, 3.63) is 35.9 Å². The molecule has 13 nitrogen and oxygen atoms in total. The molecule has 0 aliphatic heterocycles. The van der Waals surface area contributed by atoms with Gasteiger partial charge in [-0.3, -0.25) is 29.1 Å². The van der Waals surface area contributed by atoms with E-state index < -0.39 is 41.8 Å². The molecule has 1 rings (SSSR count). The fourth-order valence-electron chi connectivity index (χ4n) is 4.11. The molecule has 222 valence electrons. The Hall–Kier alpha value is -3.84. The third-order valence-corrected chi connectivity index (χ3v) is 6.11. The number of hydrogen-bond donors (Lipinski definition) is 6. The van der Waals surface area contributed by atoms with Gasteiger partial charge in [0.15, 0.2) is 5.96 Å². The molecule has 0 aromatic heterocycles. The summed E-state index contributed by atoms with van der Waals surface area (Å²) in [4.78, 5) is 69.8.